The van der Waals surface area contributed by atoms with Gasteiger partial charge in [-0.05, 0) is 56.8 Å². The molecule has 1 aliphatic carbocycles. The Morgan fingerprint density at radius 1 is 1.15 bits per heavy atom. The van der Waals surface area contributed by atoms with Crippen LogP contribution in [-0.2, 0) is 9.59 Å². The van der Waals surface area contributed by atoms with Gasteiger partial charge in [0.25, 0.3) is 5.91 Å². The first-order valence-corrected chi connectivity index (χ1v) is 14.8. The number of rotatable bonds is 7. The summed E-state index contributed by atoms with van der Waals surface area (Å²) in [6.07, 6.45) is 5.29. The fraction of sp³-hybridized carbons (Fsp3) is 0.448. The third-order valence-electron chi connectivity index (χ3n) is 8.08. The Morgan fingerprint density at radius 3 is 2.67 bits per heavy atom. The minimum absolute atomic E-state index is 0.00382. The van der Waals surface area contributed by atoms with E-state index in [-0.39, 0.29) is 47.3 Å². The Kier molecular flexibility index (Phi) is 7.41. The molecule has 10 nitrogen and oxygen atoms in total. The molecule has 0 spiro atoms. The van der Waals surface area contributed by atoms with E-state index in [0.717, 1.165) is 43.5 Å². The molecule has 1 aromatic heterocycles. The van der Waals surface area contributed by atoms with Crippen LogP contribution in [0.4, 0.5) is 10.5 Å². The average molecular weight is 563 g/mol. The van der Waals surface area contributed by atoms with Gasteiger partial charge in [0, 0.05) is 36.2 Å². The second-order valence-corrected chi connectivity index (χ2v) is 11.9. The predicted molar refractivity (Wildman–Crippen MR) is 153 cm³/mol. The number of benzene rings is 1. The first kappa shape index (κ1) is 26.6. The number of carbonyl (C=O) groups excluding carboxylic acids is 3. The Morgan fingerprint density at radius 2 is 1.93 bits per heavy atom. The maximum atomic E-state index is 13.6. The fourth-order valence-electron chi connectivity index (χ4n) is 6.17. The number of nitrogens with zero attached hydrogens (tertiary/aromatic N) is 2. The van der Waals surface area contributed by atoms with Crippen LogP contribution in [0.15, 0.2) is 53.2 Å². The van der Waals surface area contributed by atoms with Crippen molar-refractivity contribution in [2.75, 3.05) is 11.4 Å². The van der Waals surface area contributed by atoms with Gasteiger partial charge in [0.05, 0.1) is 28.2 Å². The van der Waals surface area contributed by atoms with E-state index in [9.17, 15) is 14.4 Å². The number of nitrogens with one attached hydrogen (secondary N) is 4. The molecule has 1 saturated carbocycles. The average Bonchev–Trinajstić information content (AvgIpc) is 3.55. The van der Waals surface area contributed by atoms with Gasteiger partial charge >= 0.3 is 6.03 Å². The highest BCUT2D eigenvalue weighted by Crippen LogP contribution is 2.48. The molecular formula is C29H34N6O4S. The van der Waals surface area contributed by atoms with Crippen molar-refractivity contribution in [1.82, 2.24) is 26.3 Å². The zero-order chi connectivity index (χ0) is 27.8. The van der Waals surface area contributed by atoms with Gasteiger partial charge in [-0.15, -0.1) is 0 Å². The summed E-state index contributed by atoms with van der Waals surface area (Å²) in [5.41, 5.74) is 2.32. The minimum atomic E-state index is -0.255. The molecular weight excluding hydrogens is 528 g/mol. The van der Waals surface area contributed by atoms with Gasteiger partial charge in [-0.1, -0.05) is 36.9 Å². The van der Waals surface area contributed by atoms with Crippen LogP contribution in [0.2, 0.25) is 0 Å². The second kappa shape index (κ2) is 11.1. The molecule has 0 bridgehead atoms. The summed E-state index contributed by atoms with van der Waals surface area (Å²) >= 11 is 1.49. The van der Waals surface area contributed by atoms with Gasteiger partial charge in [0.2, 0.25) is 11.8 Å². The van der Waals surface area contributed by atoms with E-state index in [2.05, 4.69) is 26.3 Å². The summed E-state index contributed by atoms with van der Waals surface area (Å²) in [7, 11) is 0. The Hall–Kier alpha value is -3.57. The van der Waals surface area contributed by atoms with Gasteiger partial charge in [0.1, 0.15) is 5.75 Å². The van der Waals surface area contributed by atoms with Crippen LogP contribution in [0.25, 0.3) is 0 Å². The Balaban J connectivity index is 1.19. The van der Waals surface area contributed by atoms with Gasteiger partial charge in [-0.2, -0.15) is 0 Å². The molecule has 0 radical (unpaired) electrons. The maximum absolute atomic E-state index is 13.6. The number of pyridine rings is 1. The smallest absolute Gasteiger partial charge is 0.326 e. The lowest BCUT2D eigenvalue weighted by atomic mass is 9.86. The van der Waals surface area contributed by atoms with Crippen LogP contribution in [-0.4, -0.2) is 52.9 Å². The Labute approximate surface area is 237 Å². The van der Waals surface area contributed by atoms with Crippen LogP contribution < -0.4 is 30.9 Å². The van der Waals surface area contributed by atoms with Gasteiger partial charge < -0.3 is 26.0 Å². The lowest BCUT2D eigenvalue weighted by Crippen LogP contribution is -2.62. The number of aromatic nitrogens is 1. The molecule has 5 atom stereocenters. The highest BCUT2D eigenvalue weighted by molar-refractivity contribution is 8.04. The topological polar surface area (TPSA) is 125 Å². The number of hydrogen-bond acceptors (Lipinski definition) is 7. The molecule has 3 fully saturated rings. The summed E-state index contributed by atoms with van der Waals surface area (Å²) < 4.78 is 5.89. The number of urea groups is 1. The number of anilines is 1. The van der Waals surface area contributed by atoms with E-state index in [1.165, 1.54) is 11.8 Å². The summed E-state index contributed by atoms with van der Waals surface area (Å²) in [5.74, 6) is 0.995. The highest BCUT2D eigenvalue weighted by atomic mass is 32.2. The van der Waals surface area contributed by atoms with Crippen molar-refractivity contribution in [3.05, 3.63) is 58.8 Å². The standard InChI is InChI=1S/C29H34N6O4S/c1-3-22(36)32-17-9-10-18(14-17)33-27(37)26-25-24-20(11-12-30-28(24)40-26)35(29(38)34-25)21-15-31-23(13-16(21)2)39-19-7-5-4-6-8-19/h4-8,13,15,17-18,20,24,28,30H,3,9-12,14H2,1-2H3,(H,32,36)(H,33,37)(H,34,38)/t17-,18+,20?,24?,28?/m1/s1. The van der Waals surface area contributed by atoms with Crippen LogP contribution in [0.3, 0.4) is 0 Å². The summed E-state index contributed by atoms with van der Waals surface area (Å²) in [5, 5.41) is 12.8. The summed E-state index contributed by atoms with van der Waals surface area (Å²) in [6.45, 7) is 4.53. The number of carbonyl (C=O) groups is 3. The van der Waals surface area contributed by atoms with Crippen molar-refractivity contribution in [2.45, 2.75) is 69.5 Å². The molecule has 4 aliphatic rings. The molecule has 6 rings (SSSR count). The van der Waals surface area contributed by atoms with Crippen molar-refractivity contribution >= 4 is 35.3 Å². The number of amides is 4. The number of hydrogen-bond donors (Lipinski definition) is 4. The van der Waals surface area contributed by atoms with Crippen molar-refractivity contribution in [2.24, 2.45) is 5.92 Å². The third kappa shape index (κ3) is 5.15. The molecule has 3 unspecified atom stereocenters. The molecule has 2 aromatic rings. The van der Waals surface area contributed by atoms with Gasteiger partial charge in [0.15, 0.2) is 0 Å². The molecule has 210 valence electrons. The normalized spacial score (nSPS) is 27.2. The third-order valence-corrected chi connectivity index (χ3v) is 9.44. The molecule has 40 heavy (non-hydrogen) atoms. The van der Waals surface area contributed by atoms with Crippen molar-refractivity contribution < 1.29 is 19.1 Å². The fourth-order valence-corrected chi connectivity index (χ4v) is 7.57. The molecule has 4 N–H and O–H groups in total. The van der Waals surface area contributed by atoms with E-state index in [1.807, 2.05) is 50.2 Å². The zero-order valence-electron chi connectivity index (χ0n) is 22.6. The van der Waals surface area contributed by atoms with Crippen LogP contribution in [0, 0.1) is 12.8 Å². The summed E-state index contributed by atoms with van der Waals surface area (Å²) in [4.78, 5) is 45.7. The zero-order valence-corrected chi connectivity index (χ0v) is 23.4. The molecule has 3 aliphatic heterocycles. The Bertz CT molecular complexity index is 1350. The van der Waals surface area contributed by atoms with E-state index >= 15 is 0 Å². The quantitative estimate of drug-likeness (QED) is 0.407. The van der Waals surface area contributed by atoms with Crippen LogP contribution >= 0.6 is 11.8 Å². The molecule has 1 aromatic carbocycles. The second-order valence-electron chi connectivity index (χ2n) is 10.7. The number of aryl methyl sites for hydroxylation is 1. The highest BCUT2D eigenvalue weighted by Gasteiger charge is 2.52. The summed E-state index contributed by atoms with van der Waals surface area (Å²) in [6, 6.07) is 11.0. The minimum Gasteiger partial charge on any atom is -0.439 e. The van der Waals surface area contributed by atoms with Crippen molar-refractivity contribution in [1.29, 1.82) is 0 Å². The SMILES string of the molecule is CCC(=O)N[C@@H]1CC[C@H](NC(=O)C2=C3NC(=O)N(c4cnc(Oc5ccccc5)cc4C)C4CCNC(S2)C34)C1. The number of piperidine rings is 1. The predicted octanol–water partition coefficient (Wildman–Crippen LogP) is 3.54. The first-order valence-electron chi connectivity index (χ1n) is 14.0. The molecule has 11 heteroatoms. The lowest BCUT2D eigenvalue weighted by Gasteiger charge is -2.46. The van der Waals surface area contributed by atoms with Gasteiger partial charge in [-0.3, -0.25) is 14.5 Å². The number of thioether (sulfide) groups is 1. The molecule has 4 heterocycles. The van der Waals surface area contributed by atoms with E-state index in [0.29, 0.717) is 28.7 Å². The number of ether oxygens (including phenoxy) is 1. The maximum Gasteiger partial charge on any atom is 0.326 e. The van der Waals surface area contributed by atoms with Crippen molar-refractivity contribution in [3.8, 4) is 11.6 Å². The largest absolute Gasteiger partial charge is 0.439 e. The van der Waals surface area contributed by atoms with Crippen molar-refractivity contribution in [3.63, 3.8) is 0 Å². The molecule has 4 amide bonds. The lowest BCUT2D eigenvalue weighted by molar-refractivity contribution is -0.121. The molecule has 2 saturated heterocycles. The van der Waals surface area contributed by atoms with Crippen LogP contribution in [0.5, 0.6) is 11.6 Å². The number of para-hydroxylation sites is 1. The van der Waals surface area contributed by atoms with E-state index in [1.54, 1.807) is 11.1 Å². The first-order chi connectivity index (χ1) is 19.4. The van der Waals surface area contributed by atoms with E-state index in [4.69, 9.17) is 4.74 Å². The van der Waals surface area contributed by atoms with Crippen LogP contribution in [0.1, 0.15) is 44.6 Å². The van der Waals surface area contributed by atoms with E-state index < -0.39 is 0 Å². The van der Waals surface area contributed by atoms with Gasteiger partial charge in [-0.25, -0.2) is 9.78 Å². The monoisotopic (exact) mass is 562 g/mol.